The van der Waals surface area contributed by atoms with Crippen LogP contribution in [0.3, 0.4) is 0 Å². The van der Waals surface area contributed by atoms with Crippen LogP contribution in [0.4, 0.5) is 0 Å². The molecule has 4 amide bonds. The minimum atomic E-state index is -1.18. The molecule has 3 aliphatic heterocycles. The summed E-state index contributed by atoms with van der Waals surface area (Å²) in [4.78, 5) is 77.0. The number of benzene rings is 2. The summed E-state index contributed by atoms with van der Waals surface area (Å²) in [5.41, 5.74) is 9.69. The molecular weight excluding hydrogens is 841 g/mol. The summed E-state index contributed by atoms with van der Waals surface area (Å²) in [7, 11) is 4.77. The van der Waals surface area contributed by atoms with E-state index in [4.69, 9.17) is 9.47 Å². The SMILES string of the molecule is CC[C@H]1N[C@@H]1C(=O)N(C)CC(=O)N(C)[C@H](C(=O)N[C@H]1Cc2cc(O)cc(c2)-c2ccc3c(c2)c(c(-c2cnccc2COC)n3CC)CC(C)(C)COC(=O)[C@@H]2CCCN(N2)C1=O)C(C)C. The number of pyridine rings is 1. The van der Waals surface area contributed by atoms with Gasteiger partial charge in [-0.2, -0.15) is 0 Å². The maximum Gasteiger partial charge on any atom is 0.324 e. The number of cyclic esters (lactones) is 1. The maximum atomic E-state index is 14.7. The molecule has 5 atom stereocenters. The second-order valence-electron chi connectivity index (χ2n) is 19.2. The van der Waals surface area contributed by atoms with Crippen molar-refractivity contribution in [2.75, 3.05) is 40.9 Å². The highest BCUT2D eigenvalue weighted by atomic mass is 16.5. The van der Waals surface area contributed by atoms with Crippen LogP contribution in [0.1, 0.15) is 77.5 Å². The number of nitrogens with zero attached hydrogens (tertiary/aromatic N) is 5. The molecule has 0 aliphatic carbocycles. The molecular formula is C50H66N8O8. The minimum Gasteiger partial charge on any atom is -0.508 e. The van der Waals surface area contributed by atoms with Crippen LogP contribution in [0.2, 0.25) is 0 Å². The molecule has 7 rings (SSSR count). The summed E-state index contributed by atoms with van der Waals surface area (Å²) in [6.07, 6.45) is 5.89. The Labute approximate surface area is 387 Å². The van der Waals surface area contributed by atoms with E-state index in [1.165, 1.54) is 21.9 Å². The summed E-state index contributed by atoms with van der Waals surface area (Å²) in [5, 5.41) is 19.8. The van der Waals surface area contributed by atoms with Crippen molar-refractivity contribution in [3.8, 4) is 28.1 Å². The molecule has 2 saturated heterocycles. The molecule has 2 aromatic heterocycles. The Morgan fingerprint density at radius 3 is 2.55 bits per heavy atom. The Kier molecular flexibility index (Phi) is 14.5. The first-order valence-electron chi connectivity index (χ1n) is 23.2. The van der Waals surface area contributed by atoms with Crippen LogP contribution in [0.5, 0.6) is 5.75 Å². The van der Waals surface area contributed by atoms with E-state index in [2.05, 4.69) is 58.5 Å². The predicted octanol–water partition coefficient (Wildman–Crippen LogP) is 4.58. The fourth-order valence-electron chi connectivity index (χ4n) is 9.67. The molecule has 4 aromatic rings. The smallest absolute Gasteiger partial charge is 0.324 e. The fraction of sp³-hybridized carbons (Fsp3) is 0.520. The molecule has 2 fully saturated rings. The number of hydrogen-bond acceptors (Lipinski definition) is 11. The normalized spacial score (nSPS) is 21.2. The first-order valence-corrected chi connectivity index (χ1v) is 23.2. The topological polar surface area (TPSA) is 198 Å². The maximum absolute atomic E-state index is 14.7. The lowest BCUT2D eigenvalue weighted by atomic mass is 9.84. The number of aromatic hydroxyl groups is 1. The lowest BCUT2D eigenvalue weighted by Gasteiger charge is -2.37. The second kappa shape index (κ2) is 19.9. The molecule has 0 unspecified atom stereocenters. The van der Waals surface area contributed by atoms with Crippen molar-refractivity contribution in [3.63, 3.8) is 0 Å². The van der Waals surface area contributed by atoms with E-state index >= 15 is 0 Å². The van der Waals surface area contributed by atoms with Gasteiger partial charge >= 0.3 is 5.97 Å². The van der Waals surface area contributed by atoms with Gasteiger partial charge in [-0.1, -0.05) is 46.8 Å². The summed E-state index contributed by atoms with van der Waals surface area (Å²) >= 11 is 0. The molecule has 0 saturated carbocycles. The zero-order valence-corrected chi connectivity index (χ0v) is 39.8. The number of fused-ring (bicyclic) bond motifs is 6. The number of amides is 4. The zero-order valence-electron chi connectivity index (χ0n) is 39.8. The number of phenolic OH excluding ortho intramolecular Hbond substituents is 1. The van der Waals surface area contributed by atoms with Gasteiger partial charge in [0.1, 0.15) is 29.9 Å². The first-order chi connectivity index (χ1) is 31.4. The van der Waals surface area contributed by atoms with Gasteiger partial charge in [0, 0.05) is 81.0 Å². The Hall–Kier alpha value is -5.84. The number of phenols is 1. The number of rotatable bonds is 12. The largest absolute Gasteiger partial charge is 0.508 e. The highest BCUT2D eigenvalue weighted by molar-refractivity contribution is 5.96. The van der Waals surface area contributed by atoms with E-state index < -0.39 is 47.2 Å². The van der Waals surface area contributed by atoms with Crippen LogP contribution in [0.25, 0.3) is 33.3 Å². The number of carbonyl (C=O) groups is 5. The van der Waals surface area contributed by atoms with Gasteiger partial charge in [0.2, 0.25) is 17.7 Å². The number of carbonyl (C=O) groups excluding carboxylic acids is 5. The first kappa shape index (κ1) is 48.1. The van der Waals surface area contributed by atoms with Crippen LogP contribution < -0.4 is 16.1 Å². The van der Waals surface area contributed by atoms with Crippen molar-refractivity contribution >= 4 is 40.5 Å². The van der Waals surface area contributed by atoms with Crippen LogP contribution in [0, 0.1) is 11.3 Å². The predicted molar refractivity (Wildman–Crippen MR) is 251 cm³/mol. The zero-order chi connectivity index (χ0) is 47.6. The summed E-state index contributed by atoms with van der Waals surface area (Å²) in [6, 6.07) is 10.1. The number of likely N-dealkylation sites (N-methyl/N-ethyl adjacent to an activating group) is 2. The minimum absolute atomic E-state index is 0.0168. The van der Waals surface area contributed by atoms with Crippen LogP contribution in [-0.4, -0.2) is 130 Å². The molecule has 66 heavy (non-hydrogen) atoms. The number of aryl methyl sites for hydroxylation is 1. The fourth-order valence-corrected chi connectivity index (χ4v) is 9.67. The molecule has 0 radical (unpaired) electrons. The van der Waals surface area contributed by atoms with Gasteiger partial charge in [-0.15, -0.1) is 0 Å². The van der Waals surface area contributed by atoms with Crippen molar-refractivity contribution in [1.29, 1.82) is 0 Å². The van der Waals surface area contributed by atoms with Crippen molar-refractivity contribution in [3.05, 3.63) is 71.5 Å². The van der Waals surface area contributed by atoms with Gasteiger partial charge in [-0.25, -0.2) is 5.43 Å². The van der Waals surface area contributed by atoms with Crippen molar-refractivity contribution in [1.82, 2.24) is 40.4 Å². The van der Waals surface area contributed by atoms with E-state index in [9.17, 15) is 29.1 Å². The Balaban J connectivity index is 1.28. The third-order valence-corrected chi connectivity index (χ3v) is 13.2. The quantitative estimate of drug-likeness (QED) is 0.115. The average Bonchev–Trinajstić information content (AvgIpc) is 4.02. The average molecular weight is 907 g/mol. The number of ether oxygens (including phenoxy) is 2. The Bertz CT molecular complexity index is 2480. The second-order valence-corrected chi connectivity index (χ2v) is 19.2. The molecule has 4 N–H and O–H groups in total. The lowest BCUT2D eigenvalue weighted by Crippen LogP contribution is -2.62. The van der Waals surface area contributed by atoms with E-state index in [0.29, 0.717) is 43.5 Å². The molecule has 16 heteroatoms. The molecule has 6 bridgehead atoms. The van der Waals surface area contributed by atoms with E-state index in [1.807, 2.05) is 45.2 Å². The number of aromatic nitrogens is 2. The highest BCUT2D eigenvalue weighted by Crippen LogP contribution is 2.41. The van der Waals surface area contributed by atoms with Gasteiger partial charge in [0.15, 0.2) is 0 Å². The lowest BCUT2D eigenvalue weighted by molar-refractivity contribution is -0.155. The molecule has 0 spiro atoms. The standard InChI is InChI=1S/C50H66N8O8/c1-10-38-43(52-38)48(63)55(7)26-42(60)56(8)44(29(3)4)46(61)53-40-21-30-19-33(22-34(59)20-30)31-14-15-41-35(23-31)36(45(57(41)11-2)37-25-51-17-16-32(37)27-65-9)24-50(5,6)28-66-49(64)39-13-12-18-58(54-39)47(40)62/h14-17,19-20,22-23,25,29,38-40,43-44,52,54,59H,10-13,18,21,24,26-28H2,1-9H3,(H,53,61)/t38-,39+,40+,43+,44+/m1/s1. The van der Waals surface area contributed by atoms with Gasteiger partial charge in [-0.05, 0) is 96.7 Å². The molecule has 16 nitrogen and oxygen atoms in total. The molecule has 2 aromatic carbocycles. The highest BCUT2D eigenvalue weighted by Gasteiger charge is 2.43. The van der Waals surface area contributed by atoms with Crippen molar-refractivity contribution < 1.29 is 38.6 Å². The molecule has 354 valence electrons. The Morgan fingerprint density at radius 1 is 1.08 bits per heavy atom. The van der Waals surface area contributed by atoms with E-state index in [0.717, 1.165) is 45.3 Å². The van der Waals surface area contributed by atoms with Gasteiger partial charge in [-0.3, -0.25) is 39.3 Å². The number of methoxy groups -OCH3 is 1. The van der Waals surface area contributed by atoms with Gasteiger partial charge in [0.05, 0.1) is 25.5 Å². The summed E-state index contributed by atoms with van der Waals surface area (Å²) < 4.78 is 14.0. The van der Waals surface area contributed by atoms with E-state index in [-0.39, 0.29) is 55.8 Å². The number of hydrogen-bond donors (Lipinski definition) is 4. The van der Waals surface area contributed by atoms with E-state index in [1.54, 1.807) is 32.5 Å². The number of hydrazine groups is 1. The van der Waals surface area contributed by atoms with Gasteiger partial charge in [0.25, 0.3) is 5.91 Å². The summed E-state index contributed by atoms with van der Waals surface area (Å²) in [6.45, 7) is 13.1. The van der Waals surface area contributed by atoms with Crippen LogP contribution in [0.15, 0.2) is 54.9 Å². The van der Waals surface area contributed by atoms with Crippen molar-refractivity contribution in [2.45, 2.75) is 117 Å². The Morgan fingerprint density at radius 2 is 1.85 bits per heavy atom. The third-order valence-electron chi connectivity index (χ3n) is 13.2. The third kappa shape index (κ3) is 10.2. The monoisotopic (exact) mass is 907 g/mol. The number of esters is 1. The number of nitrogens with one attached hydrogen (secondary N) is 3. The van der Waals surface area contributed by atoms with Crippen LogP contribution in [-0.2, 0) is 59.4 Å². The molecule has 3 aliphatic rings. The van der Waals surface area contributed by atoms with Crippen molar-refractivity contribution in [2.24, 2.45) is 11.3 Å². The molecule has 5 heterocycles. The van der Waals surface area contributed by atoms with Crippen LogP contribution >= 0.6 is 0 Å². The summed E-state index contributed by atoms with van der Waals surface area (Å²) in [5.74, 6) is -2.54. The van der Waals surface area contributed by atoms with Gasteiger partial charge < -0.3 is 34.3 Å².